The highest BCUT2D eigenvalue weighted by atomic mass is 31.2. The number of nitrogens with zero attached hydrogens (tertiary/aromatic N) is 4. The number of hydrogen-bond acceptors (Lipinski definition) is 10. The number of hydrogen-bond donors (Lipinski definition) is 3. The van der Waals surface area contributed by atoms with Gasteiger partial charge in [-0.15, -0.1) is 0 Å². The van der Waals surface area contributed by atoms with Gasteiger partial charge in [-0.1, -0.05) is 89.1 Å². The van der Waals surface area contributed by atoms with Crippen LogP contribution in [0.5, 0.6) is 5.75 Å². The summed E-state index contributed by atoms with van der Waals surface area (Å²) in [5.74, 6) is -1.86. The molecular weight excluding hydrogens is 675 g/mol. The number of para-hydroxylation sites is 1. The number of ether oxygens (including phenoxy) is 1. The molecule has 15 heteroatoms. The van der Waals surface area contributed by atoms with Gasteiger partial charge in [0.25, 0.3) is 5.56 Å². The van der Waals surface area contributed by atoms with E-state index < -0.39 is 42.6 Å². The maximum Gasteiger partial charge on any atom is 0.462 e. The smallest absolute Gasteiger partial charge is 0.462 e. The second kappa shape index (κ2) is 16.1. The van der Waals surface area contributed by atoms with Crippen molar-refractivity contribution in [3.8, 4) is 5.75 Å². The Bertz CT molecular complexity index is 1960. The van der Waals surface area contributed by atoms with Crippen molar-refractivity contribution in [3.63, 3.8) is 0 Å². The fourth-order valence-corrected chi connectivity index (χ4v) is 7.81. The molecule has 272 valence electrons. The fraction of sp³-hybridized carbons (Fsp3) is 0.417. The number of aromatic nitrogens is 4. The third kappa shape index (κ3) is 8.94. The number of nitrogens with one attached hydrogen (secondary N) is 1. The van der Waals surface area contributed by atoms with Gasteiger partial charge in [0.1, 0.15) is 24.7 Å². The standard InChI is InChI=1S/C36H45N6O8P/c1-5-25(6-2)19-42(29(33(44)45)17-26-13-9-7-10-14-26)51(47,50-28-15-11-8-12-16-28)49-22-36(21-48-34(46)24(3)4)18-27(36)20-41-23-38-30-31(41)39-35(37)40-32(30)43/h7-16,20,23-25,29H,5-6,17-19,21-22H2,1-4H3,(H,44,45)(H3,37,39,40,43)/b27-20-/t29-,36?,51-/m0/s1. The van der Waals surface area contributed by atoms with Crippen LogP contribution in [0.1, 0.15) is 52.5 Å². The van der Waals surface area contributed by atoms with Crippen molar-refractivity contribution in [2.75, 3.05) is 25.5 Å². The number of anilines is 1. The van der Waals surface area contributed by atoms with Crippen molar-refractivity contribution >= 4 is 43.0 Å². The van der Waals surface area contributed by atoms with Crippen molar-refractivity contribution in [2.24, 2.45) is 17.3 Å². The van der Waals surface area contributed by atoms with E-state index in [-0.39, 0.29) is 55.0 Å². The van der Waals surface area contributed by atoms with Crippen LogP contribution in [0.2, 0.25) is 0 Å². The topological polar surface area (TPSA) is 192 Å². The van der Waals surface area contributed by atoms with Crippen LogP contribution in [-0.4, -0.2) is 67.0 Å². The van der Waals surface area contributed by atoms with Gasteiger partial charge in [0, 0.05) is 12.7 Å². The molecule has 1 fully saturated rings. The van der Waals surface area contributed by atoms with Crippen molar-refractivity contribution < 1.29 is 33.0 Å². The Morgan fingerprint density at radius 1 is 1.10 bits per heavy atom. The third-order valence-corrected chi connectivity index (χ3v) is 11.1. The van der Waals surface area contributed by atoms with Gasteiger partial charge in [-0.05, 0) is 42.0 Å². The van der Waals surface area contributed by atoms with Gasteiger partial charge in [0.05, 0.1) is 17.9 Å². The van der Waals surface area contributed by atoms with E-state index in [1.807, 2.05) is 44.2 Å². The Labute approximate surface area is 296 Å². The lowest BCUT2D eigenvalue weighted by molar-refractivity contribution is -0.149. The van der Waals surface area contributed by atoms with Crippen molar-refractivity contribution in [3.05, 3.63) is 88.5 Å². The van der Waals surface area contributed by atoms with Crippen LogP contribution in [0.25, 0.3) is 17.4 Å². The molecule has 2 aromatic heterocycles. The number of nitrogen functional groups attached to an aromatic ring is 1. The fourth-order valence-electron chi connectivity index (χ4n) is 5.75. The summed E-state index contributed by atoms with van der Waals surface area (Å²) < 4.78 is 36.6. The number of aliphatic carboxylic acids is 1. The Balaban J connectivity index is 1.55. The van der Waals surface area contributed by atoms with Gasteiger partial charge in [0.15, 0.2) is 11.2 Å². The molecule has 1 aliphatic rings. The highest BCUT2D eigenvalue weighted by Gasteiger charge is 2.54. The van der Waals surface area contributed by atoms with Gasteiger partial charge < -0.3 is 20.1 Å². The molecule has 0 spiro atoms. The summed E-state index contributed by atoms with van der Waals surface area (Å²) in [6.07, 6.45) is 4.95. The number of carbonyl (C=O) groups is 2. The summed E-state index contributed by atoms with van der Waals surface area (Å²) in [6.45, 7) is 7.21. The summed E-state index contributed by atoms with van der Waals surface area (Å²) in [4.78, 5) is 48.9. The van der Waals surface area contributed by atoms with Crippen LogP contribution in [-0.2, 0) is 29.8 Å². The molecule has 14 nitrogen and oxygen atoms in total. The number of benzene rings is 2. The molecule has 3 atom stereocenters. The maximum atomic E-state index is 15.4. The first-order valence-electron chi connectivity index (χ1n) is 17.0. The van der Waals surface area contributed by atoms with E-state index >= 15 is 4.57 Å². The number of rotatable bonds is 18. The lowest BCUT2D eigenvalue weighted by Crippen LogP contribution is -2.44. The molecular formula is C36H45N6O8P. The first-order chi connectivity index (χ1) is 24.4. The Morgan fingerprint density at radius 3 is 2.39 bits per heavy atom. The minimum atomic E-state index is -4.46. The molecule has 1 saturated carbocycles. The number of aromatic amines is 1. The molecule has 5 rings (SSSR count). The molecule has 2 heterocycles. The largest absolute Gasteiger partial charge is 0.480 e. The predicted octanol–water partition coefficient (Wildman–Crippen LogP) is 5.77. The zero-order valence-electron chi connectivity index (χ0n) is 29.2. The number of carbonyl (C=O) groups excluding carboxylic acids is 1. The second-order valence-corrected chi connectivity index (χ2v) is 15.0. The number of esters is 1. The van der Waals surface area contributed by atoms with Crippen LogP contribution in [0.15, 0.2) is 77.4 Å². The Kier molecular flexibility index (Phi) is 11.8. The molecule has 0 radical (unpaired) electrons. The lowest BCUT2D eigenvalue weighted by Gasteiger charge is -2.36. The van der Waals surface area contributed by atoms with Gasteiger partial charge in [-0.25, -0.2) is 9.55 Å². The number of carboxylic acids is 1. The summed E-state index contributed by atoms with van der Waals surface area (Å²) >= 11 is 0. The van der Waals surface area contributed by atoms with E-state index in [4.69, 9.17) is 19.5 Å². The van der Waals surface area contributed by atoms with Gasteiger partial charge in [-0.3, -0.25) is 28.5 Å². The SMILES string of the molecule is CCC(CC)CN([C@@H](Cc1ccccc1)C(=O)O)[P@](=O)(OCC1(COC(=O)C(C)C)C/C1=C/n1cnc2c(=O)[nH]c(N)nc21)Oc1ccccc1. The summed E-state index contributed by atoms with van der Waals surface area (Å²) in [5, 5.41) is 10.7. The highest BCUT2D eigenvalue weighted by molar-refractivity contribution is 7.51. The maximum absolute atomic E-state index is 15.4. The third-order valence-electron chi connectivity index (χ3n) is 9.09. The molecule has 0 bridgehead atoms. The number of nitrogens with two attached hydrogens (primary N) is 1. The van der Waals surface area contributed by atoms with Crippen LogP contribution < -0.4 is 15.8 Å². The van der Waals surface area contributed by atoms with Gasteiger partial charge in [0.2, 0.25) is 5.95 Å². The van der Waals surface area contributed by atoms with Crippen LogP contribution in [0.4, 0.5) is 5.95 Å². The predicted molar refractivity (Wildman–Crippen MR) is 193 cm³/mol. The van der Waals surface area contributed by atoms with Crippen molar-refractivity contribution in [1.82, 2.24) is 24.2 Å². The Hall–Kier alpha value is -4.78. The van der Waals surface area contributed by atoms with E-state index in [1.165, 1.54) is 11.0 Å². The summed E-state index contributed by atoms with van der Waals surface area (Å²) in [7, 11) is -4.46. The summed E-state index contributed by atoms with van der Waals surface area (Å²) in [5.41, 5.74) is 6.14. The molecule has 4 N–H and O–H groups in total. The van der Waals surface area contributed by atoms with Crippen LogP contribution in [0, 0.1) is 17.3 Å². The first kappa shape index (κ1) is 37.5. The minimum absolute atomic E-state index is 0.0196. The average Bonchev–Trinajstić information content (AvgIpc) is 3.64. The van der Waals surface area contributed by atoms with Crippen molar-refractivity contribution in [2.45, 2.75) is 59.4 Å². The van der Waals surface area contributed by atoms with E-state index in [0.717, 1.165) is 11.1 Å². The quantitative estimate of drug-likeness (QED) is 0.0832. The monoisotopic (exact) mass is 720 g/mol. The first-order valence-corrected chi connectivity index (χ1v) is 18.5. The molecule has 1 aliphatic carbocycles. The van der Waals surface area contributed by atoms with E-state index in [2.05, 4.69) is 15.0 Å². The number of H-pyrrole nitrogens is 1. The molecule has 2 aromatic carbocycles. The number of fused-ring (bicyclic) bond motifs is 1. The van der Waals surface area contributed by atoms with E-state index in [1.54, 1.807) is 54.9 Å². The zero-order valence-corrected chi connectivity index (χ0v) is 30.1. The van der Waals surface area contributed by atoms with E-state index in [9.17, 15) is 19.5 Å². The highest BCUT2D eigenvalue weighted by Crippen LogP contribution is 2.60. The Morgan fingerprint density at radius 2 is 1.76 bits per heavy atom. The number of carboxylic acid groups (broad SMARTS) is 1. The lowest BCUT2D eigenvalue weighted by atomic mass is 10.0. The van der Waals surface area contributed by atoms with Crippen molar-refractivity contribution in [1.29, 1.82) is 0 Å². The number of imidazole rings is 1. The molecule has 0 aliphatic heterocycles. The van der Waals surface area contributed by atoms with Crippen LogP contribution in [0.3, 0.4) is 0 Å². The van der Waals surface area contributed by atoms with Crippen LogP contribution >= 0.6 is 7.75 Å². The summed E-state index contributed by atoms with van der Waals surface area (Å²) in [6, 6.07) is 16.4. The molecule has 4 aromatic rings. The van der Waals surface area contributed by atoms with Gasteiger partial charge in [-0.2, -0.15) is 9.65 Å². The average molecular weight is 721 g/mol. The van der Waals surface area contributed by atoms with E-state index in [0.29, 0.717) is 19.3 Å². The molecule has 51 heavy (non-hydrogen) atoms. The molecule has 0 amide bonds. The normalized spacial score (nSPS) is 18.3. The minimum Gasteiger partial charge on any atom is -0.480 e. The second-order valence-electron chi connectivity index (χ2n) is 13.1. The zero-order chi connectivity index (χ0) is 36.8. The molecule has 0 saturated heterocycles. The molecule has 1 unspecified atom stereocenters. The van der Waals surface area contributed by atoms with Gasteiger partial charge >= 0.3 is 19.7 Å².